The molecule has 4 heterocycles. The van der Waals surface area contributed by atoms with Crippen molar-refractivity contribution in [1.29, 1.82) is 0 Å². The molecule has 46 heavy (non-hydrogen) atoms. The number of alkyl halides is 6. The van der Waals surface area contributed by atoms with E-state index in [1.807, 2.05) is 13.8 Å². The Kier molecular flexibility index (Phi) is 8.53. The van der Waals surface area contributed by atoms with Gasteiger partial charge in [-0.05, 0) is 50.2 Å². The summed E-state index contributed by atoms with van der Waals surface area (Å²) in [7, 11) is 0. The number of carboxylic acids is 1. The number of aromatic carboxylic acids is 1. The highest BCUT2D eigenvalue weighted by atomic mass is 32.1. The number of nitrogens with two attached hydrogens (primary N) is 1. The Morgan fingerprint density at radius 1 is 0.674 bits per heavy atom. The normalized spacial score (nSPS) is 11.8. The number of benzene rings is 2. The van der Waals surface area contributed by atoms with Gasteiger partial charge in [-0.15, -0.1) is 22.7 Å². The number of primary amides is 1. The molecular weight excluding hydrogens is 656 g/mol. The van der Waals surface area contributed by atoms with Gasteiger partial charge in [0.2, 0.25) is 11.6 Å². The first-order valence-electron chi connectivity index (χ1n) is 13.0. The van der Waals surface area contributed by atoms with Crippen molar-refractivity contribution < 1.29 is 41.0 Å². The average molecular weight is 676 g/mol. The quantitative estimate of drug-likeness (QED) is 0.180. The van der Waals surface area contributed by atoms with Gasteiger partial charge in [0.05, 0.1) is 22.5 Å². The molecule has 2 aromatic carbocycles. The van der Waals surface area contributed by atoms with Crippen molar-refractivity contribution in [3.8, 4) is 22.5 Å². The molecule has 0 spiro atoms. The zero-order chi connectivity index (χ0) is 33.6. The predicted octanol–water partition coefficient (Wildman–Crippen LogP) is 8.17. The van der Waals surface area contributed by atoms with Crippen molar-refractivity contribution in [2.75, 3.05) is 0 Å². The Hall–Kier alpha value is -4.96. The number of rotatable bonds is 4. The van der Waals surface area contributed by atoms with Gasteiger partial charge in [0.25, 0.3) is 5.91 Å². The molecule has 0 saturated carbocycles. The zero-order valence-electron chi connectivity index (χ0n) is 23.5. The van der Waals surface area contributed by atoms with E-state index in [1.165, 1.54) is 46.9 Å². The van der Waals surface area contributed by atoms with Crippen LogP contribution in [0.25, 0.3) is 42.9 Å². The zero-order valence-corrected chi connectivity index (χ0v) is 25.1. The number of carboxylic acid groups (broad SMARTS) is 1. The Bertz CT molecular complexity index is 1990. The van der Waals surface area contributed by atoms with Gasteiger partial charge in [-0.25, -0.2) is 24.7 Å². The van der Waals surface area contributed by atoms with E-state index in [9.17, 15) is 35.9 Å². The summed E-state index contributed by atoms with van der Waals surface area (Å²) in [6.45, 7) is 3.65. The minimum Gasteiger partial charge on any atom is -0.475 e. The number of nitrogens with zero attached hydrogens (tertiary/aromatic N) is 4. The number of aryl methyl sites for hydroxylation is 2. The third-order valence-electron chi connectivity index (χ3n) is 6.37. The molecule has 0 bridgehead atoms. The van der Waals surface area contributed by atoms with Crippen molar-refractivity contribution in [3.63, 3.8) is 0 Å². The molecule has 0 aliphatic heterocycles. The summed E-state index contributed by atoms with van der Waals surface area (Å²) in [4.78, 5) is 41.3. The number of amides is 1. The highest BCUT2D eigenvalue weighted by molar-refractivity contribution is 7.19. The number of thiophene rings is 2. The number of halogens is 6. The van der Waals surface area contributed by atoms with Crippen LogP contribution in [0.4, 0.5) is 26.3 Å². The monoisotopic (exact) mass is 675 g/mol. The van der Waals surface area contributed by atoms with Crippen LogP contribution in [0.5, 0.6) is 0 Å². The van der Waals surface area contributed by atoms with E-state index in [4.69, 9.17) is 10.8 Å². The van der Waals surface area contributed by atoms with Gasteiger partial charge in [0.1, 0.15) is 9.66 Å². The lowest BCUT2D eigenvalue weighted by molar-refractivity contribution is -0.138. The fourth-order valence-electron chi connectivity index (χ4n) is 4.42. The van der Waals surface area contributed by atoms with Crippen LogP contribution in [0.3, 0.4) is 0 Å². The predicted molar refractivity (Wildman–Crippen MR) is 161 cm³/mol. The first-order valence-corrected chi connectivity index (χ1v) is 14.6. The second kappa shape index (κ2) is 12.1. The molecule has 0 saturated heterocycles. The van der Waals surface area contributed by atoms with Crippen LogP contribution in [-0.2, 0) is 12.4 Å². The van der Waals surface area contributed by atoms with Crippen LogP contribution in [-0.4, -0.2) is 36.9 Å². The fraction of sp³-hybridized carbons (Fsp3) is 0.133. The molecule has 0 aliphatic carbocycles. The van der Waals surface area contributed by atoms with Crippen LogP contribution in [0.1, 0.15) is 42.1 Å². The SMILES string of the molecule is Cc1cc2c(-c3cccc(C(F)(F)F)c3)nc(C(=O)O)nc2s1.Cc1cc2c(-c3cccc(C(F)(F)F)c3)nc(C(N)=O)nc2s1. The number of carbonyl (C=O) groups is 2. The highest BCUT2D eigenvalue weighted by Gasteiger charge is 2.32. The van der Waals surface area contributed by atoms with Gasteiger partial charge in [-0.1, -0.05) is 24.3 Å². The first-order chi connectivity index (χ1) is 21.5. The molecule has 0 fully saturated rings. The molecule has 16 heteroatoms. The number of hydrogen-bond donors (Lipinski definition) is 2. The van der Waals surface area contributed by atoms with E-state index in [0.717, 1.165) is 34.0 Å². The smallest absolute Gasteiger partial charge is 0.416 e. The average Bonchev–Trinajstić information content (AvgIpc) is 3.56. The highest BCUT2D eigenvalue weighted by Crippen LogP contribution is 2.37. The van der Waals surface area contributed by atoms with Gasteiger partial charge in [0.15, 0.2) is 0 Å². The molecular formula is C30H19F6N5O3S2. The third kappa shape index (κ3) is 6.82. The number of aromatic nitrogens is 4. The number of fused-ring (bicyclic) bond motifs is 2. The lowest BCUT2D eigenvalue weighted by atomic mass is 10.1. The molecule has 8 nitrogen and oxygen atoms in total. The van der Waals surface area contributed by atoms with E-state index >= 15 is 0 Å². The minimum absolute atomic E-state index is 0.183. The summed E-state index contributed by atoms with van der Waals surface area (Å²) in [5.74, 6) is -2.81. The summed E-state index contributed by atoms with van der Waals surface area (Å²) < 4.78 is 77.4. The Balaban J connectivity index is 0.000000181. The molecule has 3 N–H and O–H groups in total. The van der Waals surface area contributed by atoms with Crippen molar-refractivity contribution in [1.82, 2.24) is 19.9 Å². The van der Waals surface area contributed by atoms with Crippen LogP contribution in [0.15, 0.2) is 60.7 Å². The van der Waals surface area contributed by atoms with Gasteiger partial charge in [-0.2, -0.15) is 26.3 Å². The standard InChI is InChI=1S/C15H10F3N3OS.C15H9F3N2O2S/c1-7-5-10-11(20-13(12(19)22)21-14(10)23-7)8-3-2-4-9(6-8)15(16,17)18;1-7-5-10-11(19-12(14(21)22)20-13(10)23-7)8-3-2-4-9(6-8)15(16,17)18/h2-6H,1H3,(H2,19,22);2-6H,1H3,(H,21,22). The Morgan fingerprint density at radius 2 is 1.09 bits per heavy atom. The van der Waals surface area contributed by atoms with Gasteiger partial charge >= 0.3 is 18.3 Å². The molecule has 1 amide bonds. The Labute approximate surface area is 263 Å². The van der Waals surface area contributed by atoms with E-state index in [0.29, 0.717) is 20.4 Å². The molecule has 236 valence electrons. The number of hydrogen-bond acceptors (Lipinski definition) is 8. The maximum Gasteiger partial charge on any atom is 0.416 e. The molecule has 0 radical (unpaired) electrons. The van der Waals surface area contributed by atoms with Crippen molar-refractivity contribution >= 4 is 55.0 Å². The maximum atomic E-state index is 12.9. The van der Waals surface area contributed by atoms with E-state index < -0.39 is 41.2 Å². The molecule has 0 aliphatic rings. The number of carbonyl (C=O) groups excluding carboxylic acids is 1. The summed E-state index contributed by atoms with van der Waals surface area (Å²) in [6.07, 6.45) is -8.94. The molecule has 0 atom stereocenters. The summed E-state index contributed by atoms with van der Waals surface area (Å²) in [5.41, 5.74) is 4.53. The topological polar surface area (TPSA) is 132 Å². The van der Waals surface area contributed by atoms with Gasteiger partial charge < -0.3 is 10.8 Å². The summed E-state index contributed by atoms with van der Waals surface area (Å²) in [6, 6.07) is 13.0. The van der Waals surface area contributed by atoms with Crippen molar-refractivity contribution in [2.24, 2.45) is 5.73 Å². The molecule has 6 rings (SSSR count). The fourth-order valence-corrected chi connectivity index (χ4v) is 6.17. The lowest BCUT2D eigenvalue weighted by Gasteiger charge is -2.09. The lowest BCUT2D eigenvalue weighted by Crippen LogP contribution is -2.15. The summed E-state index contributed by atoms with van der Waals surface area (Å²) >= 11 is 2.59. The van der Waals surface area contributed by atoms with Crippen molar-refractivity contribution in [2.45, 2.75) is 26.2 Å². The Morgan fingerprint density at radius 3 is 1.48 bits per heavy atom. The van der Waals surface area contributed by atoms with Crippen LogP contribution < -0.4 is 5.73 Å². The summed E-state index contributed by atoms with van der Waals surface area (Å²) in [5, 5.41) is 10.2. The van der Waals surface area contributed by atoms with Crippen molar-refractivity contribution in [3.05, 3.63) is 93.2 Å². The van der Waals surface area contributed by atoms with Crippen LogP contribution in [0.2, 0.25) is 0 Å². The van der Waals surface area contributed by atoms with Crippen LogP contribution in [0, 0.1) is 13.8 Å². The van der Waals surface area contributed by atoms with E-state index in [1.54, 1.807) is 12.1 Å². The van der Waals surface area contributed by atoms with E-state index in [2.05, 4.69) is 19.9 Å². The molecule has 6 aromatic rings. The second-order valence-electron chi connectivity index (χ2n) is 9.77. The minimum atomic E-state index is -4.48. The van der Waals surface area contributed by atoms with Gasteiger partial charge in [0, 0.05) is 31.7 Å². The largest absolute Gasteiger partial charge is 0.475 e. The maximum absolute atomic E-state index is 12.9. The van der Waals surface area contributed by atoms with Gasteiger partial charge in [-0.3, -0.25) is 4.79 Å². The molecule has 0 unspecified atom stereocenters. The third-order valence-corrected chi connectivity index (χ3v) is 8.26. The first kappa shape index (κ1) is 32.4. The molecule has 4 aromatic heterocycles. The second-order valence-corrected chi connectivity index (χ2v) is 12.2. The van der Waals surface area contributed by atoms with E-state index in [-0.39, 0.29) is 28.3 Å². The van der Waals surface area contributed by atoms with Crippen LogP contribution >= 0.6 is 22.7 Å².